The van der Waals surface area contributed by atoms with Crippen LogP contribution in [-0.4, -0.2) is 229 Å². The minimum absolute atomic E-state index is 0.0433. The predicted molar refractivity (Wildman–Crippen MR) is 322 cm³/mol. The van der Waals surface area contributed by atoms with E-state index in [9.17, 15) is 35.8 Å². The number of fused-ring (bicyclic) bond motifs is 1. The van der Waals surface area contributed by atoms with Crippen LogP contribution in [0.1, 0.15) is 63.5 Å². The van der Waals surface area contributed by atoms with Crippen LogP contribution in [0.5, 0.6) is 0 Å². The van der Waals surface area contributed by atoms with E-state index in [2.05, 4.69) is 4.90 Å². The van der Waals surface area contributed by atoms with Crippen molar-refractivity contribution in [2.75, 3.05) is 191 Å². The number of anilines is 1. The first-order valence-electron chi connectivity index (χ1n) is 28.7. The number of aliphatic imine (C=N–C) groups is 1. The van der Waals surface area contributed by atoms with Crippen LogP contribution in [0, 0.1) is 0 Å². The van der Waals surface area contributed by atoms with Crippen LogP contribution in [0.2, 0.25) is 0 Å². The van der Waals surface area contributed by atoms with Gasteiger partial charge in [0.1, 0.15) is 0 Å². The summed E-state index contributed by atoms with van der Waals surface area (Å²) in [6.07, 6.45) is 15.6. The zero-order chi connectivity index (χ0) is 61.9. The van der Waals surface area contributed by atoms with Crippen LogP contribution in [0.25, 0.3) is 0 Å². The molecule has 0 amide bonds. The van der Waals surface area contributed by atoms with Gasteiger partial charge in [0, 0.05) is 82.0 Å². The summed E-state index contributed by atoms with van der Waals surface area (Å²) in [7, 11) is -4.24. The third-order valence-electron chi connectivity index (χ3n) is 13.5. The molecule has 23 nitrogen and oxygen atoms in total. The monoisotopic (exact) mass is 1240 g/mol. The van der Waals surface area contributed by atoms with Crippen molar-refractivity contribution in [2.45, 2.75) is 73.0 Å². The summed E-state index contributed by atoms with van der Waals surface area (Å²) in [5.74, 6) is -0.872. The Morgan fingerprint density at radius 1 is 0.565 bits per heavy atom. The Balaban J connectivity index is 1.77. The molecule has 0 aromatic heterocycles. The molecule has 85 heavy (non-hydrogen) atoms. The smallest absolute Gasteiger partial charge is 0.303 e. The molecule has 2 aromatic rings. The summed E-state index contributed by atoms with van der Waals surface area (Å²) in [4.78, 5) is 17.8. The van der Waals surface area contributed by atoms with E-state index in [4.69, 9.17) is 66.6 Å². The fourth-order valence-electron chi connectivity index (χ4n) is 8.76. The van der Waals surface area contributed by atoms with Crippen molar-refractivity contribution in [1.29, 1.82) is 0 Å². The molecule has 25 heteroatoms. The van der Waals surface area contributed by atoms with Gasteiger partial charge in [-0.1, -0.05) is 48.9 Å². The average Bonchev–Trinajstić information content (AvgIpc) is 1.69. The number of benzene rings is 2. The van der Waals surface area contributed by atoms with Crippen molar-refractivity contribution >= 4 is 37.6 Å². The molecular formula is C60H94N2O21S2. The number of methoxy groups -OCH3 is 3. The molecule has 1 heterocycles. The Morgan fingerprint density at radius 2 is 1.02 bits per heavy atom. The van der Waals surface area contributed by atoms with E-state index in [1.54, 1.807) is 39.5 Å². The van der Waals surface area contributed by atoms with Gasteiger partial charge < -0.3 is 71.6 Å². The minimum Gasteiger partial charge on any atom is -0.481 e. The fourth-order valence-corrected chi connectivity index (χ4v) is 9.79. The molecule has 0 saturated heterocycles. The third kappa shape index (κ3) is 30.4. The number of rotatable bonds is 53. The highest BCUT2D eigenvalue weighted by Gasteiger charge is 2.44. The molecule has 0 radical (unpaired) electrons. The van der Waals surface area contributed by atoms with Crippen molar-refractivity contribution < 1.29 is 97.4 Å². The van der Waals surface area contributed by atoms with Crippen molar-refractivity contribution in [2.24, 2.45) is 4.99 Å². The summed E-state index contributed by atoms with van der Waals surface area (Å²) < 4.78 is 142. The number of carbonyl (C=O) groups is 1. The number of carboxylic acids is 1. The highest BCUT2D eigenvalue weighted by atomic mass is 32.2. The van der Waals surface area contributed by atoms with Gasteiger partial charge in [-0.3, -0.25) is 18.9 Å². The maximum absolute atomic E-state index is 12.4. The van der Waals surface area contributed by atoms with E-state index >= 15 is 0 Å². The van der Waals surface area contributed by atoms with Crippen LogP contribution in [-0.2, 0) is 97.4 Å². The number of hydrogen-bond donors (Lipinski definition) is 3. The van der Waals surface area contributed by atoms with Gasteiger partial charge in [-0.15, -0.1) is 0 Å². The van der Waals surface area contributed by atoms with Crippen LogP contribution < -0.4 is 4.90 Å². The SMILES string of the molecule is COCCOCCOCCOCCOCCOCCC(C)(C(/C=C/C=C/C=C/C=C1/N(CCOC)c2ccc(S(=O)(=O)O)cc2C1(C)CCOCCOCCOCCOCCOCCOC)=NCCCCCC(=O)O)c1cccc(S(=O)(=O)O)c1. The largest absolute Gasteiger partial charge is 0.481 e. The summed E-state index contributed by atoms with van der Waals surface area (Å²) >= 11 is 0. The number of ether oxygens (including phenoxy) is 13. The molecular weight excluding hydrogens is 1150 g/mol. The van der Waals surface area contributed by atoms with Crippen molar-refractivity contribution in [3.8, 4) is 0 Å². The standard InChI is InChI=1S/C60H94N2O21S2/c1-59(51-15-14-16-52(49-51)84(65,66)67,22-26-74-33-35-78-41-43-82-47-45-80-39-37-76-31-29-72-4)56(61-24-13-9-12-19-58(63)64)17-10-7-6-8-11-18-57-60(2,54-50-53(85(68,69)70)20-21-55(54)62(57)25-28-71-3)23-27-75-34-36-79-42-44-83-48-46-81-40-38-77-32-30-73-5/h6-8,10-11,14-18,20-21,49-50H,9,12-13,19,22-48H2,1-5H3,(H,63,64)(H,65,66,67)(H,68,69,70)/b7-6+,11-8+,17-10+,57-18+,61-56?. The molecule has 0 aliphatic carbocycles. The number of allylic oxidation sites excluding steroid dienone is 8. The number of aliphatic carboxylic acids is 1. The Morgan fingerprint density at radius 3 is 1.52 bits per heavy atom. The fraction of sp³-hybridized carbons (Fsp3) is 0.633. The number of hydrogen-bond acceptors (Lipinski definition) is 20. The van der Waals surface area contributed by atoms with Gasteiger partial charge in [-0.25, -0.2) is 0 Å². The number of carboxylic acid groups (broad SMARTS) is 1. The first-order valence-corrected chi connectivity index (χ1v) is 31.6. The maximum Gasteiger partial charge on any atom is 0.303 e. The molecule has 0 fully saturated rings. The molecule has 482 valence electrons. The second-order valence-corrected chi connectivity index (χ2v) is 22.6. The van der Waals surface area contributed by atoms with E-state index in [0.29, 0.717) is 201 Å². The lowest BCUT2D eigenvalue weighted by atomic mass is 9.75. The summed E-state index contributed by atoms with van der Waals surface area (Å²) in [6.45, 7) is 14.1. The summed E-state index contributed by atoms with van der Waals surface area (Å²) in [5.41, 5.74) is 1.77. The average molecular weight is 1240 g/mol. The lowest BCUT2D eigenvalue weighted by Crippen LogP contribution is -2.34. The Bertz CT molecular complexity index is 2540. The van der Waals surface area contributed by atoms with E-state index in [0.717, 1.165) is 11.4 Å². The van der Waals surface area contributed by atoms with Crippen molar-refractivity contribution in [3.05, 3.63) is 102 Å². The summed E-state index contributed by atoms with van der Waals surface area (Å²) in [6, 6.07) is 10.7. The zero-order valence-electron chi connectivity index (χ0n) is 50.4. The number of nitrogens with zero attached hydrogens (tertiary/aromatic N) is 2. The van der Waals surface area contributed by atoms with Crippen molar-refractivity contribution in [1.82, 2.24) is 0 Å². The molecule has 2 unspecified atom stereocenters. The van der Waals surface area contributed by atoms with Gasteiger partial charge in [-0.2, -0.15) is 16.8 Å². The first kappa shape index (κ1) is 74.9. The lowest BCUT2D eigenvalue weighted by Gasteiger charge is -2.31. The minimum atomic E-state index is -4.56. The van der Waals surface area contributed by atoms with Gasteiger partial charge in [0.25, 0.3) is 20.2 Å². The predicted octanol–water partition coefficient (Wildman–Crippen LogP) is 6.74. The molecule has 2 atom stereocenters. The second-order valence-electron chi connectivity index (χ2n) is 19.7. The molecule has 0 saturated carbocycles. The Hall–Kier alpha value is -4.36. The van der Waals surface area contributed by atoms with Gasteiger partial charge in [0.05, 0.1) is 149 Å². The lowest BCUT2D eigenvalue weighted by molar-refractivity contribution is -0.137. The normalized spacial score (nSPS) is 16.2. The van der Waals surface area contributed by atoms with Gasteiger partial charge in [0.15, 0.2) is 0 Å². The topological polar surface area (TPSA) is 282 Å². The number of unbranched alkanes of at least 4 members (excludes halogenated alkanes) is 2. The Labute approximate surface area is 504 Å². The maximum atomic E-state index is 12.4. The van der Waals surface area contributed by atoms with Gasteiger partial charge in [0.2, 0.25) is 0 Å². The molecule has 0 spiro atoms. The highest BCUT2D eigenvalue weighted by molar-refractivity contribution is 7.86. The molecule has 1 aliphatic rings. The van der Waals surface area contributed by atoms with E-state index < -0.39 is 37.0 Å². The molecule has 1 aliphatic heterocycles. The third-order valence-corrected chi connectivity index (χ3v) is 15.2. The van der Waals surface area contributed by atoms with Crippen LogP contribution in [0.15, 0.2) is 105 Å². The van der Waals surface area contributed by atoms with E-state index in [-0.39, 0.29) is 29.4 Å². The molecule has 3 rings (SSSR count). The van der Waals surface area contributed by atoms with Gasteiger partial charge in [-0.05, 0) is 93.1 Å². The van der Waals surface area contributed by atoms with Crippen LogP contribution in [0.4, 0.5) is 5.69 Å². The molecule has 2 aromatic carbocycles. The van der Waals surface area contributed by atoms with Crippen molar-refractivity contribution in [3.63, 3.8) is 0 Å². The van der Waals surface area contributed by atoms with Gasteiger partial charge >= 0.3 is 5.97 Å². The van der Waals surface area contributed by atoms with E-state index in [1.807, 2.05) is 56.4 Å². The van der Waals surface area contributed by atoms with E-state index in [1.165, 1.54) is 24.3 Å². The van der Waals surface area contributed by atoms with Crippen LogP contribution in [0.3, 0.4) is 0 Å². The first-order chi connectivity index (χ1) is 41.0. The quantitative estimate of drug-likeness (QED) is 0.0267. The molecule has 3 N–H and O–H groups in total. The molecule has 0 bridgehead atoms. The van der Waals surface area contributed by atoms with Crippen LogP contribution >= 0.6 is 0 Å². The summed E-state index contributed by atoms with van der Waals surface area (Å²) in [5, 5.41) is 9.19. The second kappa shape index (κ2) is 44.1. The zero-order valence-corrected chi connectivity index (χ0v) is 52.0. The Kier molecular flexibility index (Phi) is 38.9. The highest BCUT2D eigenvalue weighted by Crippen LogP contribution is 2.50.